The fourth-order valence-corrected chi connectivity index (χ4v) is 2.25. The van der Waals surface area contributed by atoms with E-state index in [2.05, 4.69) is 24.1 Å². The van der Waals surface area contributed by atoms with Gasteiger partial charge in [-0.1, -0.05) is 13.3 Å². The minimum Gasteiger partial charge on any atom is -0.465 e. The van der Waals surface area contributed by atoms with Gasteiger partial charge in [0.15, 0.2) is 0 Å². The molecule has 1 aliphatic heterocycles. The summed E-state index contributed by atoms with van der Waals surface area (Å²) in [6, 6.07) is 0.358. The maximum Gasteiger partial charge on any atom is 0.323 e. The monoisotopic (exact) mass is 228 g/mol. The number of ether oxygens (including phenoxy) is 1. The topological polar surface area (TPSA) is 41.6 Å². The molecule has 1 N–H and O–H groups in total. The molecule has 4 nitrogen and oxygen atoms in total. The molecule has 0 aromatic rings. The number of hydrogen-bond donors (Lipinski definition) is 1. The first-order valence-corrected chi connectivity index (χ1v) is 6.33. The fourth-order valence-electron chi connectivity index (χ4n) is 2.25. The number of nitrogens with zero attached hydrogens (tertiary/aromatic N) is 1. The summed E-state index contributed by atoms with van der Waals surface area (Å²) in [5.41, 5.74) is 0. The Labute approximate surface area is 98.3 Å². The van der Waals surface area contributed by atoms with Crippen molar-refractivity contribution in [2.45, 2.75) is 45.7 Å². The number of piperazine rings is 1. The second-order valence-electron chi connectivity index (χ2n) is 4.35. The number of rotatable bonds is 5. The molecule has 0 aliphatic carbocycles. The zero-order valence-electron chi connectivity index (χ0n) is 10.7. The molecule has 0 spiro atoms. The highest BCUT2D eigenvalue weighted by atomic mass is 16.5. The van der Waals surface area contributed by atoms with Crippen molar-refractivity contribution >= 4 is 5.97 Å². The smallest absolute Gasteiger partial charge is 0.323 e. The molecule has 0 aromatic heterocycles. The Hall–Kier alpha value is -0.610. The van der Waals surface area contributed by atoms with Crippen molar-refractivity contribution in [3.63, 3.8) is 0 Å². The Morgan fingerprint density at radius 1 is 1.56 bits per heavy atom. The van der Waals surface area contributed by atoms with Gasteiger partial charge in [0.25, 0.3) is 0 Å². The average Bonchev–Trinajstić information content (AvgIpc) is 2.27. The Bertz CT molecular complexity index is 221. The average molecular weight is 228 g/mol. The van der Waals surface area contributed by atoms with Crippen LogP contribution in [0.1, 0.15) is 33.6 Å². The second kappa shape index (κ2) is 6.86. The first-order chi connectivity index (χ1) is 7.70. The number of carbonyl (C=O) groups is 1. The van der Waals surface area contributed by atoms with Crippen LogP contribution in [-0.4, -0.2) is 49.2 Å². The summed E-state index contributed by atoms with van der Waals surface area (Å²) in [5, 5.41) is 3.34. The SMILES string of the molecule is CCCC(C(=O)OCC)N1CCNC[C@@H]1C. The van der Waals surface area contributed by atoms with Gasteiger partial charge >= 0.3 is 5.97 Å². The molecule has 0 aromatic carbocycles. The maximum atomic E-state index is 11.9. The first-order valence-electron chi connectivity index (χ1n) is 6.33. The van der Waals surface area contributed by atoms with E-state index < -0.39 is 0 Å². The van der Waals surface area contributed by atoms with E-state index in [0.717, 1.165) is 32.5 Å². The summed E-state index contributed by atoms with van der Waals surface area (Å²) in [5.74, 6) is -0.0573. The van der Waals surface area contributed by atoms with Crippen LogP contribution in [0.2, 0.25) is 0 Å². The van der Waals surface area contributed by atoms with Crippen molar-refractivity contribution in [2.75, 3.05) is 26.2 Å². The van der Waals surface area contributed by atoms with Crippen LogP contribution in [0.3, 0.4) is 0 Å². The van der Waals surface area contributed by atoms with Crippen LogP contribution in [0.25, 0.3) is 0 Å². The van der Waals surface area contributed by atoms with Crippen molar-refractivity contribution in [2.24, 2.45) is 0 Å². The lowest BCUT2D eigenvalue weighted by molar-refractivity contribution is -0.151. The summed E-state index contributed by atoms with van der Waals surface area (Å²) in [6.07, 6.45) is 1.91. The lowest BCUT2D eigenvalue weighted by Gasteiger charge is -2.38. The maximum absolute atomic E-state index is 11.9. The van der Waals surface area contributed by atoms with Crippen molar-refractivity contribution in [1.82, 2.24) is 10.2 Å². The molecule has 2 atom stereocenters. The van der Waals surface area contributed by atoms with Crippen LogP contribution >= 0.6 is 0 Å². The zero-order chi connectivity index (χ0) is 12.0. The van der Waals surface area contributed by atoms with Gasteiger partial charge in [-0.3, -0.25) is 9.69 Å². The van der Waals surface area contributed by atoms with Crippen molar-refractivity contribution in [3.8, 4) is 0 Å². The third kappa shape index (κ3) is 3.46. The Kier molecular flexibility index (Phi) is 5.77. The highest BCUT2D eigenvalue weighted by Gasteiger charge is 2.31. The molecule has 94 valence electrons. The van der Waals surface area contributed by atoms with Crippen LogP contribution in [0, 0.1) is 0 Å². The zero-order valence-corrected chi connectivity index (χ0v) is 10.7. The molecule has 0 radical (unpaired) electrons. The van der Waals surface area contributed by atoms with Gasteiger partial charge in [-0.05, 0) is 20.3 Å². The minimum absolute atomic E-state index is 0.0537. The molecule has 0 saturated carbocycles. The van der Waals surface area contributed by atoms with Gasteiger partial charge in [0, 0.05) is 25.7 Å². The molecule has 1 unspecified atom stereocenters. The van der Waals surface area contributed by atoms with Gasteiger partial charge in [0.05, 0.1) is 6.61 Å². The van der Waals surface area contributed by atoms with E-state index in [1.807, 2.05) is 6.92 Å². The molecule has 1 heterocycles. The van der Waals surface area contributed by atoms with Crippen LogP contribution < -0.4 is 5.32 Å². The molecule has 4 heteroatoms. The quantitative estimate of drug-likeness (QED) is 0.713. The molecule has 1 rings (SSSR count). The molecular weight excluding hydrogens is 204 g/mol. The fraction of sp³-hybridized carbons (Fsp3) is 0.917. The number of carbonyl (C=O) groups excluding carboxylic acids is 1. The standard InChI is InChI=1S/C12H24N2O2/c1-4-6-11(12(15)16-5-2)14-8-7-13-9-10(14)3/h10-11,13H,4-9H2,1-3H3/t10-,11?/m0/s1. The predicted molar refractivity (Wildman–Crippen MR) is 64.4 cm³/mol. The Morgan fingerprint density at radius 3 is 2.88 bits per heavy atom. The van der Waals surface area contributed by atoms with Crippen LogP contribution in [-0.2, 0) is 9.53 Å². The molecule has 16 heavy (non-hydrogen) atoms. The Balaban J connectivity index is 2.63. The van der Waals surface area contributed by atoms with Gasteiger partial charge in [-0.2, -0.15) is 0 Å². The second-order valence-corrected chi connectivity index (χ2v) is 4.35. The third-order valence-corrected chi connectivity index (χ3v) is 3.07. The highest BCUT2D eigenvalue weighted by molar-refractivity contribution is 5.75. The van der Waals surface area contributed by atoms with E-state index in [1.54, 1.807) is 0 Å². The van der Waals surface area contributed by atoms with E-state index in [4.69, 9.17) is 4.74 Å². The van der Waals surface area contributed by atoms with Gasteiger partial charge in [-0.15, -0.1) is 0 Å². The first kappa shape index (κ1) is 13.5. The van der Waals surface area contributed by atoms with Crippen LogP contribution in [0.15, 0.2) is 0 Å². The normalized spacial score (nSPS) is 24.1. The van der Waals surface area contributed by atoms with E-state index in [-0.39, 0.29) is 12.0 Å². The Morgan fingerprint density at radius 2 is 2.31 bits per heavy atom. The van der Waals surface area contributed by atoms with Crippen LogP contribution in [0.4, 0.5) is 0 Å². The molecule has 1 aliphatic rings. The van der Waals surface area contributed by atoms with E-state index in [9.17, 15) is 4.79 Å². The van der Waals surface area contributed by atoms with Crippen molar-refractivity contribution in [1.29, 1.82) is 0 Å². The lowest BCUT2D eigenvalue weighted by Crippen LogP contribution is -2.56. The molecular formula is C12H24N2O2. The summed E-state index contributed by atoms with van der Waals surface area (Å²) in [4.78, 5) is 14.2. The van der Waals surface area contributed by atoms with Gasteiger partial charge in [0.2, 0.25) is 0 Å². The van der Waals surface area contributed by atoms with E-state index in [1.165, 1.54) is 0 Å². The molecule has 0 bridgehead atoms. The largest absolute Gasteiger partial charge is 0.465 e. The predicted octanol–water partition coefficient (Wildman–Crippen LogP) is 1.01. The molecule has 0 amide bonds. The lowest BCUT2D eigenvalue weighted by atomic mass is 10.1. The van der Waals surface area contributed by atoms with Crippen LogP contribution in [0.5, 0.6) is 0 Å². The van der Waals surface area contributed by atoms with Gasteiger partial charge < -0.3 is 10.1 Å². The summed E-state index contributed by atoms with van der Waals surface area (Å²) < 4.78 is 5.16. The summed E-state index contributed by atoms with van der Waals surface area (Å²) in [7, 11) is 0. The highest BCUT2D eigenvalue weighted by Crippen LogP contribution is 2.14. The van der Waals surface area contributed by atoms with Crippen molar-refractivity contribution < 1.29 is 9.53 Å². The third-order valence-electron chi connectivity index (χ3n) is 3.07. The minimum atomic E-state index is -0.0573. The number of hydrogen-bond acceptors (Lipinski definition) is 4. The number of esters is 1. The van der Waals surface area contributed by atoms with E-state index >= 15 is 0 Å². The molecule has 1 saturated heterocycles. The van der Waals surface area contributed by atoms with Gasteiger partial charge in [-0.25, -0.2) is 0 Å². The molecule has 1 fully saturated rings. The summed E-state index contributed by atoms with van der Waals surface area (Å²) >= 11 is 0. The number of nitrogens with one attached hydrogen (secondary N) is 1. The summed E-state index contributed by atoms with van der Waals surface area (Å²) in [6.45, 7) is 9.46. The van der Waals surface area contributed by atoms with Gasteiger partial charge in [0.1, 0.15) is 6.04 Å². The van der Waals surface area contributed by atoms with Crippen molar-refractivity contribution in [3.05, 3.63) is 0 Å². The van der Waals surface area contributed by atoms with E-state index in [0.29, 0.717) is 12.6 Å².